The molecule has 0 spiro atoms. The molecule has 1 saturated carbocycles. The molecule has 110 valence electrons. The first-order valence-electron chi connectivity index (χ1n) is 6.69. The van der Waals surface area contributed by atoms with Gasteiger partial charge in [-0.05, 0) is 37.7 Å². The van der Waals surface area contributed by atoms with E-state index >= 15 is 0 Å². The first-order chi connectivity index (χ1) is 9.51. The van der Waals surface area contributed by atoms with Crippen LogP contribution in [0.4, 0.5) is 11.4 Å². The molecule has 0 aliphatic heterocycles. The van der Waals surface area contributed by atoms with Gasteiger partial charge in [-0.1, -0.05) is 18.0 Å². The van der Waals surface area contributed by atoms with Gasteiger partial charge in [-0.3, -0.25) is 4.79 Å². The van der Waals surface area contributed by atoms with Crippen LogP contribution in [0.15, 0.2) is 12.1 Å². The van der Waals surface area contributed by atoms with Gasteiger partial charge >= 0.3 is 0 Å². The van der Waals surface area contributed by atoms with Crippen molar-refractivity contribution in [3.05, 3.63) is 22.7 Å². The average Bonchev–Trinajstić information content (AvgIpc) is 2.41. The summed E-state index contributed by atoms with van der Waals surface area (Å²) in [5.74, 6) is -0.515. The summed E-state index contributed by atoms with van der Waals surface area (Å²) in [6.07, 6.45) is 6.72. The molecule has 1 aromatic rings. The van der Waals surface area contributed by atoms with Crippen LogP contribution in [0.1, 0.15) is 36.0 Å². The topological polar surface area (TPSA) is 81.1 Å². The Morgan fingerprint density at radius 2 is 2.20 bits per heavy atom. The highest BCUT2D eigenvalue weighted by Gasteiger charge is 2.23. The average molecular weight is 314 g/mol. The Morgan fingerprint density at radius 1 is 1.45 bits per heavy atom. The van der Waals surface area contributed by atoms with Crippen molar-refractivity contribution in [3.8, 4) is 0 Å². The number of hydrogen-bond donors (Lipinski definition) is 3. The van der Waals surface area contributed by atoms with Crippen LogP contribution in [0.25, 0.3) is 0 Å². The number of nitrogens with two attached hydrogens (primary N) is 2. The molecule has 0 aromatic heterocycles. The summed E-state index contributed by atoms with van der Waals surface area (Å²) >= 11 is 8.11. The molecule has 2 atom stereocenters. The van der Waals surface area contributed by atoms with Crippen molar-refractivity contribution < 1.29 is 4.79 Å². The molecule has 1 fully saturated rings. The van der Waals surface area contributed by atoms with Crippen LogP contribution in [0, 0.1) is 0 Å². The van der Waals surface area contributed by atoms with Crippen LogP contribution in [0.5, 0.6) is 0 Å². The highest BCUT2D eigenvalue weighted by atomic mass is 35.5. The number of rotatable bonds is 4. The number of amides is 1. The first kappa shape index (κ1) is 15.3. The Labute approximate surface area is 128 Å². The summed E-state index contributed by atoms with van der Waals surface area (Å²) in [5, 5.41) is 4.50. The third kappa shape index (κ3) is 3.52. The molecule has 0 bridgehead atoms. The van der Waals surface area contributed by atoms with Crippen LogP contribution in [0.2, 0.25) is 5.02 Å². The monoisotopic (exact) mass is 313 g/mol. The van der Waals surface area contributed by atoms with Gasteiger partial charge in [-0.15, -0.1) is 0 Å². The van der Waals surface area contributed by atoms with E-state index in [2.05, 4.69) is 11.6 Å². The number of benzene rings is 1. The normalized spacial score (nSPS) is 22.5. The molecule has 5 N–H and O–H groups in total. The number of hydrogen-bond acceptors (Lipinski definition) is 4. The van der Waals surface area contributed by atoms with E-state index in [1.807, 2.05) is 11.8 Å². The van der Waals surface area contributed by atoms with Crippen molar-refractivity contribution >= 4 is 40.6 Å². The zero-order chi connectivity index (χ0) is 14.7. The Bertz CT molecular complexity index is 509. The standard InChI is InChI=1S/C14H20ClN3OS/c1-20-10-4-2-3-9(7-10)18-13-11(14(17)19)5-8(16)6-12(13)15/h5-6,9-10,18H,2-4,7,16H2,1H3,(H2,17,19). The Balaban J connectivity index is 2.22. The van der Waals surface area contributed by atoms with Gasteiger partial charge in [0.05, 0.1) is 16.3 Å². The number of anilines is 2. The third-order valence-electron chi connectivity index (χ3n) is 3.69. The molecule has 0 heterocycles. The molecule has 4 nitrogen and oxygen atoms in total. The number of carbonyl (C=O) groups is 1. The van der Waals surface area contributed by atoms with Crippen LogP contribution in [0.3, 0.4) is 0 Å². The van der Waals surface area contributed by atoms with E-state index in [1.165, 1.54) is 12.8 Å². The molecule has 20 heavy (non-hydrogen) atoms. The quantitative estimate of drug-likeness (QED) is 0.746. The largest absolute Gasteiger partial charge is 0.399 e. The molecule has 2 unspecified atom stereocenters. The zero-order valence-electron chi connectivity index (χ0n) is 11.5. The van der Waals surface area contributed by atoms with E-state index < -0.39 is 5.91 Å². The maximum atomic E-state index is 11.6. The molecule has 2 rings (SSSR count). The SMILES string of the molecule is CSC1CCCC(Nc2c(Cl)cc(N)cc2C(N)=O)C1. The summed E-state index contributed by atoms with van der Waals surface area (Å²) in [7, 11) is 0. The van der Waals surface area contributed by atoms with E-state index in [0.29, 0.717) is 33.3 Å². The lowest BCUT2D eigenvalue weighted by molar-refractivity contribution is 0.100. The molecule has 0 saturated heterocycles. The minimum atomic E-state index is -0.515. The van der Waals surface area contributed by atoms with E-state index in [-0.39, 0.29) is 0 Å². The summed E-state index contributed by atoms with van der Waals surface area (Å²) in [6.45, 7) is 0. The lowest BCUT2D eigenvalue weighted by atomic mass is 9.94. The fourth-order valence-electron chi connectivity index (χ4n) is 2.66. The van der Waals surface area contributed by atoms with E-state index in [4.69, 9.17) is 23.1 Å². The number of thioether (sulfide) groups is 1. The van der Waals surface area contributed by atoms with E-state index in [0.717, 1.165) is 12.8 Å². The van der Waals surface area contributed by atoms with Gasteiger partial charge in [0, 0.05) is 17.0 Å². The summed E-state index contributed by atoms with van der Waals surface area (Å²) in [4.78, 5) is 11.6. The van der Waals surface area contributed by atoms with Gasteiger partial charge in [0.25, 0.3) is 5.91 Å². The molecular formula is C14H20ClN3OS. The Morgan fingerprint density at radius 3 is 2.85 bits per heavy atom. The van der Waals surface area contributed by atoms with Gasteiger partial charge < -0.3 is 16.8 Å². The zero-order valence-corrected chi connectivity index (χ0v) is 13.1. The van der Waals surface area contributed by atoms with Crippen LogP contribution in [-0.4, -0.2) is 23.5 Å². The van der Waals surface area contributed by atoms with Crippen molar-refractivity contribution in [2.24, 2.45) is 5.73 Å². The van der Waals surface area contributed by atoms with Crippen molar-refractivity contribution in [1.29, 1.82) is 0 Å². The summed E-state index contributed by atoms with van der Waals surface area (Å²) < 4.78 is 0. The predicted octanol–water partition coefficient (Wildman–Crippen LogP) is 3.11. The van der Waals surface area contributed by atoms with Gasteiger partial charge in [-0.2, -0.15) is 11.8 Å². The minimum absolute atomic E-state index is 0.320. The van der Waals surface area contributed by atoms with Gasteiger partial charge in [0.15, 0.2) is 0 Å². The summed E-state index contributed by atoms with van der Waals surface area (Å²) in [6, 6.07) is 3.54. The van der Waals surface area contributed by atoms with E-state index in [1.54, 1.807) is 12.1 Å². The summed E-state index contributed by atoms with van der Waals surface area (Å²) in [5.41, 5.74) is 12.6. The maximum absolute atomic E-state index is 11.6. The lowest BCUT2D eigenvalue weighted by Gasteiger charge is -2.30. The Kier molecular flexibility index (Phi) is 5.05. The second kappa shape index (κ2) is 6.59. The van der Waals surface area contributed by atoms with Crippen molar-refractivity contribution in [2.45, 2.75) is 37.0 Å². The number of nitrogen functional groups attached to an aromatic ring is 1. The van der Waals surface area contributed by atoms with Crippen molar-refractivity contribution in [2.75, 3.05) is 17.3 Å². The highest BCUT2D eigenvalue weighted by Crippen LogP contribution is 2.33. The molecule has 1 amide bonds. The second-order valence-corrected chi connectivity index (χ2v) is 6.70. The molecule has 1 aromatic carbocycles. The fourth-order valence-corrected chi connectivity index (χ4v) is 3.77. The maximum Gasteiger partial charge on any atom is 0.250 e. The van der Waals surface area contributed by atoms with Gasteiger partial charge in [-0.25, -0.2) is 0 Å². The van der Waals surface area contributed by atoms with Crippen molar-refractivity contribution in [3.63, 3.8) is 0 Å². The van der Waals surface area contributed by atoms with Crippen LogP contribution >= 0.6 is 23.4 Å². The molecular weight excluding hydrogens is 294 g/mol. The highest BCUT2D eigenvalue weighted by molar-refractivity contribution is 7.99. The molecule has 0 radical (unpaired) electrons. The number of nitrogens with one attached hydrogen (secondary N) is 1. The van der Waals surface area contributed by atoms with Gasteiger partial charge in [0.1, 0.15) is 0 Å². The molecule has 6 heteroatoms. The van der Waals surface area contributed by atoms with Gasteiger partial charge in [0.2, 0.25) is 0 Å². The smallest absolute Gasteiger partial charge is 0.250 e. The number of carbonyl (C=O) groups excluding carboxylic acids is 1. The predicted molar refractivity (Wildman–Crippen MR) is 87.6 cm³/mol. The molecule has 1 aliphatic rings. The first-order valence-corrected chi connectivity index (χ1v) is 8.36. The molecule has 1 aliphatic carbocycles. The van der Waals surface area contributed by atoms with Crippen molar-refractivity contribution in [1.82, 2.24) is 0 Å². The van der Waals surface area contributed by atoms with Crippen LogP contribution in [-0.2, 0) is 0 Å². The van der Waals surface area contributed by atoms with Crippen LogP contribution < -0.4 is 16.8 Å². The third-order valence-corrected chi connectivity index (χ3v) is 5.08. The fraction of sp³-hybridized carbons (Fsp3) is 0.500. The lowest BCUT2D eigenvalue weighted by Crippen LogP contribution is -2.29. The number of primary amides is 1. The number of halogens is 1. The minimum Gasteiger partial charge on any atom is -0.399 e. The second-order valence-electron chi connectivity index (χ2n) is 5.16. The Hall–Kier alpha value is -1.07. The van der Waals surface area contributed by atoms with E-state index in [9.17, 15) is 4.79 Å².